The molecule has 0 spiro atoms. The summed E-state index contributed by atoms with van der Waals surface area (Å²) in [5.41, 5.74) is 1.29. The van der Waals surface area contributed by atoms with Crippen molar-refractivity contribution in [2.75, 3.05) is 24.0 Å². The van der Waals surface area contributed by atoms with E-state index >= 15 is 0 Å². The van der Waals surface area contributed by atoms with Crippen LogP contribution in [0, 0.1) is 0 Å². The minimum absolute atomic E-state index is 0.222. The van der Waals surface area contributed by atoms with Gasteiger partial charge in [0.25, 0.3) is 0 Å². The predicted molar refractivity (Wildman–Crippen MR) is 129 cm³/mol. The quantitative estimate of drug-likeness (QED) is 0.603. The molecule has 2 saturated heterocycles. The van der Waals surface area contributed by atoms with Crippen LogP contribution in [0.1, 0.15) is 0 Å². The van der Waals surface area contributed by atoms with Crippen molar-refractivity contribution in [2.24, 2.45) is 0 Å². The van der Waals surface area contributed by atoms with Gasteiger partial charge in [-0.05, 0) is 48.5 Å². The van der Waals surface area contributed by atoms with E-state index in [4.69, 9.17) is 33.9 Å². The van der Waals surface area contributed by atoms with Gasteiger partial charge >= 0.3 is 0 Å². The van der Waals surface area contributed by atoms with Crippen molar-refractivity contribution in [3.63, 3.8) is 0 Å². The monoisotopic (exact) mass is 476 g/mol. The zero-order chi connectivity index (χ0) is 21.4. The largest absolute Gasteiger partial charge is 0.497 e. The van der Waals surface area contributed by atoms with Crippen molar-refractivity contribution < 1.29 is 19.1 Å². The van der Waals surface area contributed by atoms with Crippen molar-refractivity contribution in [3.05, 3.63) is 48.5 Å². The van der Waals surface area contributed by atoms with Gasteiger partial charge in [-0.15, -0.1) is 0 Å². The maximum absolute atomic E-state index is 13.2. The van der Waals surface area contributed by atoms with Crippen molar-refractivity contribution in [1.82, 2.24) is 0 Å². The van der Waals surface area contributed by atoms with E-state index in [0.717, 1.165) is 0 Å². The number of thiocarbonyl (C=S) groups is 2. The van der Waals surface area contributed by atoms with Gasteiger partial charge in [0.1, 0.15) is 30.6 Å². The number of rotatable bonds is 5. The highest BCUT2D eigenvalue weighted by molar-refractivity contribution is 8.28. The maximum atomic E-state index is 13.2. The summed E-state index contributed by atoms with van der Waals surface area (Å²) in [7, 11) is 3.15. The topological polar surface area (TPSA) is 59.1 Å². The highest BCUT2D eigenvalue weighted by atomic mass is 32.2. The van der Waals surface area contributed by atoms with Crippen LogP contribution >= 0.6 is 48.0 Å². The van der Waals surface area contributed by atoms with Crippen molar-refractivity contribution in [2.45, 2.75) is 10.5 Å². The lowest BCUT2D eigenvalue weighted by Crippen LogP contribution is -2.40. The number of hydrogen-bond acceptors (Lipinski definition) is 8. The average Bonchev–Trinajstić information content (AvgIpc) is 3.22. The Labute approximate surface area is 192 Å². The molecule has 2 aliphatic heterocycles. The minimum atomic E-state index is -0.640. The molecule has 2 aromatic rings. The number of nitrogens with zero attached hydrogens (tertiary/aromatic N) is 2. The molecule has 6 nitrogen and oxygen atoms in total. The number of thioether (sulfide) groups is 2. The first kappa shape index (κ1) is 21.1. The first-order valence-corrected chi connectivity index (χ1v) is 11.4. The van der Waals surface area contributed by atoms with Gasteiger partial charge in [0, 0.05) is 0 Å². The highest BCUT2D eigenvalue weighted by Gasteiger charge is 2.51. The Hall–Kier alpha value is -2.14. The molecule has 0 radical (unpaired) electrons. The van der Waals surface area contributed by atoms with Crippen LogP contribution < -0.4 is 19.3 Å². The molecule has 0 aromatic heterocycles. The van der Waals surface area contributed by atoms with E-state index in [1.807, 2.05) is 0 Å². The van der Waals surface area contributed by atoms with Crippen LogP contribution in [0.15, 0.2) is 48.5 Å². The van der Waals surface area contributed by atoms with Gasteiger partial charge in [-0.25, -0.2) is 0 Å². The second kappa shape index (κ2) is 8.54. The molecule has 2 fully saturated rings. The lowest BCUT2D eigenvalue weighted by atomic mass is 10.2. The number of carbonyl (C=O) groups is 2. The third kappa shape index (κ3) is 3.68. The molecule has 0 unspecified atom stereocenters. The maximum Gasteiger partial charge on any atom is 0.247 e. The van der Waals surface area contributed by atoms with Crippen LogP contribution in [0.5, 0.6) is 11.5 Å². The fourth-order valence-corrected chi connectivity index (χ4v) is 6.44. The Morgan fingerprint density at radius 3 is 1.33 bits per heavy atom. The standard InChI is InChI=1S/C20H16N2O4S4/c1-25-13-7-3-11(4-8-13)21-17(23)15(29-19(21)27)16-18(24)22(20(28)30-16)12-5-9-14(26-2)10-6-12/h3-10,15-16H,1-2H3/t15-,16-/m1/s1. The van der Waals surface area contributed by atoms with Gasteiger partial charge in [0.2, 0.25) is 11.8 Å². The van der Waals surface area contributed by atoms with Gasteiger partial charge < -0.3 is 9.47 Å². The molecule has 2 aromatic carbocycles. The van der Waals surface area contributed by atoms with Gasteiger partial charge in [0.15, 0.2) is 0 Å². The molecule has 30 heavy (non-hydrogen) atoms. The predicted octanol–water partition coefficient (Wildman–Crippen LogP) is 3.87. The second-order valence-corrected chi connectivity index (χ2v) is 9.90. The molecular weight excluding hydrogens is 460 g/mol. The summed E-state index contributed by atoms with van der Waals surface area (Å²) in [6.45, 7) is 0. The van der Waals surface area contributed by atoms with Crippen molar-refractivity contribution in [3.8, 4) is 11.5 Å². The zero-order valence-corrected chi connectivity index (χ0v) is 19.2. The molecule has 2 aliphatic rings. The number of ether oxygens (including phenoxy) is 2. The molecule has 0 bridgehead atoms. The Morgan fingerprint density at radius 1 is 0.700 bits per heavy atom. The molecule has 2 amide bonds. The molecule has 2 atom stereocenters. The minimum Gasteiger partial charge on any atom is -0.497 e. The normalized spacial score (nSPS) is 21.5. The van der Waals surface area contributed by atoms with Gasteiger partial charge in [-0.3, -0.25) is 19.4 Å². The van der Waals surface area contributed by atoms with Gasteiger partial charge in [-0.1, -0.05) is 48.0 Å². The molecule has 0 N–H and O–H groups in total. The molecular formula is C20H16N2O4S4. The van der Waals surface area contributed by atoms with Crippen LogP contribution in [0.4, 0.5) is 11.4 Å². The third-order valence-corrected chi connectivity index (χ3v) is 8.02. The summed E-state index contributed by atoms with van der Waals surface area (Å²) in [5.74, 6) is 0.922. The molecule has 0 aliphatic carbocycles. The SMILES string of the molecule is COc1ccc(N2C(=O)[C@@H]([C@H]3SC(=S)N(c4ccc(OC)cc4)C3=O)SC2=S)cc1. The first-order valence-electron chi connectivity index (χ1n) is 8.82. The molecule has 154 valence electrons. The molecule has 2 heterocycles. The third-order valence-electron chi connectivity index (χ3n) is 4.68. The van der Waals surface area contributed by atoms with E-state index in [1.165, 1.54) is 33.3 Å². The number of benzene rings is 2. The summed E-state index contributed by atoms with van der Waals surface area (Å²) in [4.78, 5) is 29.3. The van der Waals surface area contributed by atoms with Crippen LogP contribution in [-0.4, -0.2) is 45.2 Å². The van der Waals surface area contributed by atoms with E-state index in [2.05, 4.69) is 0 Å². The van der Waals surface area contributed by atoms with E-state index in [9.17, 15) is 9.59 Å². The Kier molecular flexibility index (Phi) is 6.01. The number of methoxy groups -OCH3 is 2. The zero-order valence-electron chi connectivity index (χ0n) is 15.9. The van der Waals surface area contributed by atoms with Crippen molar-refractivity contribution in [1.29, 1.82) is 0 Å². The molecule has 0 saturated carbocycles. The Bertz CT molecular complexity index is 943. The van der Waals surface area contributed by atoms with Crippen LogP contribution in [0.25, 0.3) is 0 Å². The van der Waals surface area contributed by atoms with E-state index in [1.54, 1.807) is 62.8 Å². The number of anilines is 2. The van der Waals surface area contributed by atoms with Crippen molar-refractivity contribution >= 4 is 79.8 Å². The second-order valence-electron chi connectivity index (χ2n) is 6.35. The van der Waals surface area contributed by atoms with E-state index in [0.29, 0.717) is 31.5 Å². The number of amides is 2. The highest BCUT2D eigenvalue weighted by Crippen LogP contribution is 2.43. The summed E-state index contributed by atoms with van der Waals surface area (Å²) >= 11 is 13.3. The van der Waals surface area contributed by atoms with Crippen LogP contribution in [0.3, 0.4) is 0 Å². The average molecular weight is 477 g/mol. The lowest BCUT2D eigenvalue weighted by Gasteiger charge is -2.18. The fourth-order valence-electron chi connectivity index (χ4n) is 3.17. The summed E-state index contributed by atoms with van der Waals surface area (Å²) in [5, 5.41) is -1.28. The van der Waals surface area contributed by atoms with Crippen LogP contribution in [-0.2, 0) is 9.59 Å². The Morgan fingerprint density at radius 2 is 1.03 bits per heavy atom. The Balaban J connectivity index is 1.56. The fraction of sp³-hybridized carbons (Fsp3) is 0.200. The number of carbonyl (C=O) groups excluding carboxylic acids is 2. The van der Waals surface area contributed by atoms with E-state index < -0.39 is 10.5 Å². The van der Waals surface area contributed by atoms with Gasteiger partial charge in [-0.2, -0.15) is 0 Å². The number of hydrogen-bond donors (Lipinski definition) is 0. The van der Waals surface area contributed by atoms with E-state index in [-0.39, 0.29) is 11.8 Å². The van der Waals surface area contributed by atoms with Crippen LogP contribution in [0.2, 0.25) is 0 Å². The summed E-state index contributed by atoms with van der Waals surface area (Å²) < 4.78 is 11.2. The molecule has 10 heteroatoms. The smallest absolute Gasteiger partial charge is 0.247 e. The van der Waals surface area contributed by atoms with Gasteiger partial charge in [0.05, 0.1) is 25.6 Å². The summed E-state index contributed by atoms with van der Waals surface area (Å²) in [6.07, 6.45) is 0. The summed E-state index contributed by atoms with van der Waals surface area (Å²) in [6, 6.07) is 14.1. The molecule has 4 rings (SSSR count). The lowest BCUT2D eigenvalue weighted by molar-refractivity contribution is -0.121. The first-order chi connectivity index (χ1) is 14.4.